The highest BCUT2D eigenvalue weighted by atomic mass is 16.5. The van der Waals surface area contributed by atoms with Crippen LogP contribution in [-0.2, 0) is 6.54 Å². The molecule has 1 N–H and O–H groups in total. The molecule has 0 unspecified atom stereocenters. The molecule has 3 aromatic heterocycles. The van der Waals surface area contributed by atoms with Gasteiger partial charge in [0.25, 0.3) is 5.78 Å². The van der Waals surface area contributed by atoms with Gasteiger partial charge in [-0.05, 0) is 30.7 Å². The first kappa shape index (κ1) is 17.4. The van der Waals surface area contributed by atoms with Crippen molar-refractivity contribution in [2.45, 2.75) is 19.9 Å². The molecule has 1 aromatic carbocycles. The summed E-state index contributed by atoms with van der Waals surface area (Å²) >= 11 is 0. The maximum Gasteiger partial charge on any atom is 0.252 e. The molecule has 4 aromatic rings. The van der Waals surface area contributed by atoms with Crippen molar-refractivity contribution in [3.63, 3.8) is 0 Å². The largest absolute Gasteiger partial charge is 0.490 e. The Morgan fingerprint density at radius 1 is 1.07 bits per heavy atom. The van der Waals surface area contributed by atoms with Crippen molar-refractivity contribution >= 4 is 11.7 Å². The maximum absolute atomic E-state index is 5.76. The Morgan fingerprint density at radius 3 is 2.90 bits per heavy atom. The number of rotatable bonds is 4. The number of hydrogen-bond donors (Lipinski definition) is 1. The van der Waals surface area contributed by atoms with E-state index in [1.54, 1.807) is 16.9 Å². The topological polar surface area (TPSA) is 99.4 Å². The molecule has 1 aliphatic heterocycles. The minimum atomic E-state index is 0.535. The summed E-state index contributed by atoms with van der Waals surface area (Å²) in [5, 5.41) is 7.48. The molecule has 29 heavy (non-hydrogen) atoms. The second-order valence-corrected chi connectivity index (χ2v) is 6.68. The number of nitrogens with zero attached hydrogens (tertiary/aromatic N) is 6. The van der Waals surface area contributed by atoms with Crippen LogP contribution in [0.3, 0.4) is 0 Å². The lowest BCUT2D eigenvalue weighted by molar-refractivity contribution is 0.297. The Balaban J connectivity index is 1.36. The zero-order chi connectivity index (χ0) is 19.6. The van der Waals surface area contributed by atoms with Crippen LogP contribution >= 0.6 is 0 Å². The molecule has 1 aliphatic rings. The second kappa shape index (κ2) is 7.34. The van der Waals surface area contributed by atoms with Crippen LogP contribution in [0.2, 0.25) is 0 Å². The molecule has 5 rings (SSSR count). The quantitative estimate of drug-likeness (QED) is 0.569. The van der Waals surface area contributed by atoms with Crippen LogP contribution < -0.4 is 14.8 Å². The van der Waals surface area contributed by atoms with Gasteiger partial charge in [-0.1, -0.05) is 6.07 Å². The first-order chi connectivity index (χ1) is 14.3. The van der Waals surface area contributed by atoms with Gasteiger partial charge in [-0.2, -0.15) is 10.1 Å². The van der Waals surface area contributed by atoms with Crippen LogP contribution in [0.5, 0.6) is 11.5 Å². The van der Waals surface area contributed by atoms with Crippen LogP contribution in [0.1, 0.15) is 17.7 Å². The van der Waals surface area contributed by atoms with Gasteiger partial charge in [-0.3, -0.25) is 0 Å². The fourth-order valence-corrected chi connectivity index (χ4v) is 3.23. The van der Waals surface area contributed by atoms with Gasteiger partial charge in [0.2, 0.25) is 5.95 Å². The third-order valence-corrected chi connectivity index (χ3v) is 4.74. The molecule has 0 bridgehead atoms. The van der Waals surface area contributed by atoms with E-state index >= 15 is 0 Å². The number of anilines is 1. The van der Waals surface area contributed by atoms with E-state index in [2.05, 4.69) is 30.4 Å². The fourth-order valence-electron chi connectivity index (χ4n) is 3.23. The summed E-state index contributed by atoms with van der Waals surface area (Å²) in [4.78, 5) is 17.4. The van der Waals surface area contributed by atoms with E-state index in [0.717, 1.165) is 40.4 Å². The molecule has 0 radical (unpaired) electrons. The zero-order valence-corrected chi connectivity index (χ0v) is 15.9. The first-order valence-corrected chi connectivity index (χ1v) is 9.39. The predicted molar refractivity (Wildman–Crippen MR) is 106 cm³/mol. The van der Waals surface area contributed by atoms with Gasteiger partial charge >= 0.3 is 0 Å². The van der Waals surface area contributed by atoms with Gasteiger partial charge in [-0.15, -0.1) is 0 Å². The summed E-state index contributed by atoms with van der Waals surface area (Å²) in [6.07, 6.45) is 5.86. The van der Waals surface area contributed by atoms with E-state index in [1.165, 1.54) is 6.33 Å². The highest BCUT2D eigenvalue weighted by Crippen LogP contribution is 2.30. The third-order valence-electron chi connectivity index (χ3n) is 4.74. The monoisotopic (exact) mass is 389 g/mol. The Morgan fingerprint density at radius 2 is 1.97 bits per heavy atom. The first-order valence-electron chi connectivity index (χ1n) is 9.39. The summed E-state index contributed by atoms with van der Waals surface area (Å²) < 4.78 is 13.1. The van der Waals surface area contributed by atoms with E-state index < -0.39 is 0 Å². The lowest BCUT2D eigenvalue weighted by Crippen LogP contribution is -2.05. The number of ether oxygens (including phenoxy) is 2. The molecule has 146 valence electrons. The number of benzene rings is 1. The average molecular weight is 389 g/mol. The number of aromatic nitrogens is 6. The van der Waals surface area contributed by atoms with Crippen LogP contribution in [0.15, 0.2) is 43.0 Å². The van der Waals surface area contributed by atoms with Crippen LogP contribution in [-0.4, -0.2) is 42.8 Å². The Bertz CT molecular complexity index is 1170. The molecular formula is C20H19N7O2. The maximum atomic E-state index is 5.76. The summed E-state index contributed by atoms with van der Waals surface area (Å²) in [6, 6.07) is 7.80. The van der Waals surface area contributed by atoms with Crippen molar-refractivity contribution in [1.29, 1.82) is 0 Å². The number of aryl methyl sites for hydroxylation is 1. The van der Waals surface area contributed by atoms with Crippen molar-refractivity contribution in [1.82, 2.24) is 29.5 Å². The molecule has 9 heteroatoms. The zero-order valence-electron chi connectivity index (χ0n) is 15.9. The third kappa shape index (κ3) is 3.42. The van der Waals surface area contributed by atoms with Crippen LogP contribution in [0.25, 0.3) is 17.0 Å². The van der Waals surface area contributed by atoms with Gasteiger partial charge in [0, 0.05) is 30.9 Å². The van der Waals surface area contributed by atoms with Gasteiger partial charge in [0.15, 0.2) is 11.5 Å². The van der Waals surface area contributed by atoms with Crippen molar-refractivity contribution in [2.75, 3.05) is 18.5 Å². The van der Waals surface area contributed by atoms with E-state index in [-0.39, 0.29) is 0 Å². The lowest BCUT2D eigenvalue weighted by Gasteiger charge is -2.11. The second-order valence-electron chi connectivity index (χ2n) is 6.68. The summed E-state index contributed by atoms with van der Waals surface area (Å²) in [7, 11) is 0. The summed E-state index contributed by atoms with van der Waals surface area (Å²) in [5.41, 5.74) is 3.62. The van der Waals surface area contributed by atoms with Gasteiger partial charge < -0.3 is 14.8 Å². The normalized spacial score (nSPS) is 13.3. The van der Waals surface area contributed by atoms with E-state index in [4.69, 9.17) is 9.47 Å². The Hall–Kier alpha value is -3.75. The molecule has 0 saturated heterocycles. The lowest BCUT2D eigenvalue weighted by atomic mass is 10.2. The van der Waals surface area contributed by atoms with Crippen molar-refractivity contribution < 1.29 is 9.47 Å². The van der Waals surface area contributed by atoms with Gasteiger partial charge in [-0.25, -0.2) is 19.5 Å². The molecular weight excluding hydrogens is 370 g/mol. The minimum absolute atomic E-state index is 0.535. The highest BCUT2D eigenvalue weighted by Gasteiger charge is 2.12. The Kier molecular flexibility index (Phi) is 4.39. The standard InChI is InChI=1S/C20H19N7O2/c1-13-15(11-23-20-24-12-25-27(13)20)16-5-6-21-19(26-16)22-10-14-3-4-17-18(9-14)29-8-2-7-28-17/h3-6,9,11-12H,2,7-8,10H2,1H3,(H,21,22,26). The smallest absolute Gasteiger partial charge is 0.252 e. The predicted octanol–water partition coefficient (Wildman–Crippen LogP) is 2.66. The number of fused-ring (bicyclic) bond motifs is 2. The van der Waals surface area contributed by atoms with Crippen LogP contribution in [0.4, 0.5) is 5.95 Å². The van der Waals surface area contributed by atoms with E-state index in [9.17, 15) is 0 Å². The van der Waals surface area contributed by atoms with Crippen molar-refractivity contribution in [3.8, 4) is 22.8 Å². The fraction of sp³-hybridized carbons (Fsp3) is 0.250. The molecule has 0 fully saturated rings. The molecule has 0 spiro atoms. The number of hydrogen-bond acceptors (Lipinski definition) is 8. The SMILES string of the molecule is Cc1c(-c2ccnc(NCc3ccc4c(c3)OCCCO4)n2)cnc2ncnn12. The molecule has 4 heterocycles. The summed E-state index contributed by atoms with van der Waals surface area (Å²) in [6.45, 7) is 3.88. The summed E-state index contributed by atoms with van der Waals surface area (Å²) in [5.74, 6) is 2.66. The Labute approximate surface area is 166 Å². The van der Waals surface area contributed by atoms with Crippen LogP contribution in [0, 0.1) is 6.92 Å². The average Bonchev–Trinajstić information content (AvgIpc) is 3.11. The molecule has 9 nitrogen and oxygen atoms in total. The van der Waals surface area contributed by atoms with E-state index in [0.29, 0.717) is 31.5 Å². The highest BCUT2D eigenvalue weighted by molar-refractivity contribution is 5.62. The molecule has 0 atom stereocenters. The molecule has 0 aliphatic carbocycles. The van der Waals surface area contributed by atoms with Gasteiger partial charge in [0.1, 0.15) is 6.33 Å². The molecule has 0 amide bonds. The van der Waals surface area contributed by atoms with E-state index in [1.807, 2.05) is 31.2 Å². The molecule has 0 saturated carbocycles. The van der Waals surface area contributed by atoms with Crippen molar-refractivity contribution in [2.24, 2.45) is 0 Å². The van der Waals surface area contributed by atoms with Gasteiger partial charge in [0.05, 0.1) is 24.6 Å². The van der Waals surface area contributed by atoms with Crippen molar-refractivity contribution in [3.05, 3.63) is 54.2 Å². The minimum Gasteiger partial charge on any atom is -0.490 e. The number of nitrogens with one attached hydrogen (secondary N) is 1.